The van der Waals surface area contributed by atoms with Crippen LogP contribution in [0.5, 0.6) is 0 Å². The Morgan fingerprint density at radius 2 is 2.09 bits per heavy atom. The zero-order valence-electron chi connectivity index (χ0n) is 19.0. The van der Waals surface area contributed by atoms with Crippen LogP contribution >= 0.6 is 21.0 Å². The first-order chi connectivity index (χ1) is 16.1. The Hall–Kier alpha value is -2.17. The van der Waals surface area contributed by atoms with Crippen molar-refractivity contribution in [3.8, 4) is 0 Å². The molecule has 2 aromatic rings. The molecule has 0 bridgehead atoms. The third-order valence-corrected chi connectivity index (χ3v) is 10.1. The van der Waals surface area contributed by atoms with Crippen LogP contribution in [0.2, 0.25) is 0 Å². The highest BCUT2D eigenvalue weighted by Crippen LogP contribution is 2.39. The number of rotatable bonds is 7. The first-order valence-corrected chi connectivity index (χ1v) is 13.9. The molecule has 178 valence electrons. The third-order valence-electron chi connectivity index (χ3n) is 6.43. The van der Waals surface area contributed by atoms with Gasteiger partial charge in [0.2, 0.25) is 21.0 Å². The van der Waals surface area contributed by atoms with Crippen LogP contribution < -0.4 is 15.8 Å². The van der Waals surface area contributed by atoms with Crippen molar-refractivity contribution in [2.75, 3.05) is 44.3 Å². The number of amides is 1. The second kappa shape index (κ2) is 11.3. The number of aryl methyl sites for hydroxylation is 1. The standard InChI is InChI=1S/C24H31FIN5O2/c1-2-17-4-7-21(29-23(17)32)18-3-5-19(15-18)26-31-13-11-30(12-14-31)20-6-8-22(28-16-20)24(33)27-10-9-25/h4,6-8,16,18-19H,2-3,5,9-15H2,1H3,(H-,27,29,32,33)/p+1/t18-,19?/m1/s1. The van der Waals surface area contributed by atoms with E-state index in [0.717, 1.165) is 53.5 Å². The van der Waals surface area contributed by atoms with E-state index in [1.807, 2.05) is 19.1 Å². The molecule has 33 heavy (non-hydrogen) atoms. The Kier molecular flexibility index (Phi) is 8.21. The number of alkyl halides is 2. The minimum Gasteiger partial charge on any atom is -0.358 e. The number of carbonyl (C=O) groups is 1. The maximum atomic E-state index is 12.2. The summed E-state index contributed by atoms with van der Waals surface area (Å²) in [7, 11) is 0. The molecule has 1 saturated heterocycles. The molecule has 1 saturated carbocycles. The fourth-order valence-electron chi connectivity index (χ4n) is 4.52. The SMILES string of the molecule is CCc1ccc([C@@H]2CCC(I=[N+]3CCN(c4ccc(C(=O)NCCF)nc4)CC3)C2)[nH]c1=O. The van der Waals surface area contributed by atoms with Gasteiger partial charge >= 0.3 is 0 Å². The van der Waals surface area contributed by atoms with Crippen molar-refractivity contribution in [1.29, 1.82) is 0 Å². The van der Waals surface area contributed by atoms with Crippen LogP contribution in [0.15, 0.2) is 35.3 Å². The molecule has 3 heterocycles. The molecule has 1 amide bonds. The minimum atomic E-state index is -0.580. The molecule has 2 N–H and O–H groups in total. The number of halogens is 2. The van der Waals surface area contributed by atoms with Crippen molar-refractivity contribution in [2.45, 2.75) is 42.4 Å². The Balaban J connectivity index is 1.29. The zero-order chi connectivity index (χ0) is 23.2. The summed E-state index contributed by atoms with van der Waals surface area (Å²) in [5.74, 6) is 0.148. The molecule has 0 radical (unpaired) electrons. The van der Waals surface area contributed by atoms with Crippen molar-refractivity contribution < 1.29 is 11.9 Å². The van der Waals surface area contributed by atoms with Gasteiger partial charge in [0.25, 0.3) is 11.5 Å². The van der Waals surface area contributed by atoms with Crippen LogP contribution in [0.1, 0.15) is 53.8 Å². The number of hydrogen-bond acceptors (Lipinski definition) is 4. The van der Waals surface area contributed by atoms with E-state index in [-0.39, 0.29) is 39.0 Å². The summed E-state index contributed by atoms with van der Waals surface area (Å²) < 4.78 is 15.6. The number of anilines is 1. The number of aromatic nitrogens is 2. The Labute approximate surface area is 203 Å². The molecule has 9 heteroatoms. The van der Waals surface area contributed by atoms with Gasteiger partial charge in [-0.05, 0) is 43.9 Å². The first-order valence-electron chi connectivity index (χ1n) is 11.7. The van der Waals surface area contributed by atoms with Gasteiger partial charge in [0, 0.05) is 23.7 Å². The summed E-state index contributed by atoms with van der Waals surface area (Å²) in [5, 5.41) is 2.50. The lowest BCUT2D eigenvalue weighted by Crippen LogP contribution is -2.41. The van der Waals surface area contributed by atoms with E-state index in [1.165, 1.54) is 19.3 Å². The zero-order valence-corrected chi connectivity index (χ0v) is 21.2. The molecule has 2 fully saturated rings. The Morgan fingerprint density at radius 3 is 2.76 bits per heavy atom. The first kappa shape index (κ1) is 24.0. The monoisotopic (exact) mass is 568 g/mol. The van der Waals surface area contributed by atoms with E-state index in [0.29, 0.717) is 11.6 Å². The number of piperazine rings is 1. The fourth-order valence-corrected chi connectivity index (χ4v) is 8.11. The van der Waals surface area contributed by atoms with Gasteiger partial charge in [0.15, 0.2) is 13.1 Å². The molecule has 2 aromatic heterocycles. The largest absolute Gasteiger partial charge is 0.358 e. The molecule has 0 spiro atoms. The Bertz CT molecular complexity index is 1050. The van der Waals surface area contributed by atoms with Gasteiger partial charge in [0.1, 0.15) is 12.4 Å². The molecule has 2 aliphatic rings. The summed E-state index contributed by atoms with van der Waals surface area (Å²) in [4.78, 5) is 33.7. The van der Waals surface area contributed by atoms with Crippen LogP contribution in [0.25, 0.3) is 0 Å². The van der Waals surface area contributed by atoms with Crippen molar-refractivity contribution in [3.63, 3.8) is 0 Å². The van der Waals surface area contributed by atoms with Gasteiger partial charge in [-0.1, -0.05) is 13.0 Å². The predicted octanol–water partition coefficient (Wildman–Crippen LogP) is 3.35. The second-order valence-electron chi connectivity index (χ2n) is 8.57. The quantitative estimate of drug-likeness (QED) is 0.397. The van der Waals surface area contributed by atoms with Gasteiger partial charge in [-0.25, -0.2) is 12.1 Å². The smallest absolute Gasteiger partial charge is 0.269 e. The molecule has 1 unspecified atom stereocenters. The molecule has 1 aliphatic carbocycles. The van der Waals surface area contributed by atoms with Crippen molar-refractivity contribution >= 4 is 32.6 Å². The van der Waals surface area contributed by atoms with Crippen molar-refractivity contribution in [2.24, 2.45) is 0 Å². The highest BCUT2D eigenvalue weighted by Gasteiger charge is 2.30. The molecule has 1 aliphatic heterocycles. The van der Waals surface area contributed by atoms with Crippen LogP contribution in [0, 0.1) is 0 Å². The van der Waals surface area contributed by atoms with Gasteiger partial charge < -0.3 is 15.2 Å². The fraction of sp³-hybridized carbons (Fsp3) is 0.542. The predicted molar refractivity (Wildman–Crippen MR) is 136 cm³/mol. The Morgan fingerprint density at radius 1 is 1.27 bits per heavy atom. The van der Waals surface area contributed by atoms with E-state index in [9.17, 15) is 14.0 Å². The molecule has 0 aromatic carbocycles. The number of nitrogens with zero attached hydrogens (tertiary/aromatic N) is 3. The third kappa shape index (κ3) is 6.04. The van der Waals surface area contributed by atoms with Crippen LogP contribution in [-0.2, 0) is 6.42 Å². The average molecular weight is 568 g/mol. The average Bonchev–Trinajstić information content (AvgIpc) is 3.31. The van der Waals surface area contributed by atoms with Crippen LogP contribution in [0.4, 0.5) is 10.1 Å². The lowest BCUT2D eigenvalue weighted by atomic mass is 10.0. The molecular weight excluding hydrogens is 536 g/mol. The summed E-state index contributed by atoms with van der Waals surface area (Å²) in [5.41, 5.74) is 3.40. The number of pyridine rings is 2. The van der Waals surface area contributed by atoms with Gasteiger partial charge in [-0.2, -0.15) is 0 Å². The minimum absolute atomic E-state index is 0.0120. The summed E-state index contributed by atoms with van der Waals surface area (Å²) >= 11 is -0.0310. The topological polar surface area (TPSA) is 81.1 Å². The number of carbonyl (C=O) groups excluding carboxylic acids is 1. The number of hydrogen-bond donors (Lipinski definition) is 2. The number of H-pyrrole nitrogens is 1. The maximum Gasteiger partial charge on any atom is 0.269 e. The summed E-state index contributed by atoms with van der Waals surface area (Å²) in [6.45, 7) is 5.46. The maximum absolute atomic E-state index is 12.2. The number of aromatic amines is 1. The van der Waals surface area contributed by atoms with Gasteiger partial charge in [0.05, 0.1) is 28.9 Å². The highest BCUT2D eigenvalue weighted by atomic mass is 127. The second-order valence-corrected chi connectivity index (χ2v) is 12.3. The van der Waals surface area contributed by atoms with Gasteiger partial charge in [-0.3, -0.25) is 9.59 Å². The lowest BCUT2D eigenvalue weighted by Gasteiger charge is -2.27. The summed E-state index contributed by atoms with van der Waals surface area (Å²) in [6.07, 6.45) is 6.12. The van der Waals surface area contributed by atoms with Crippen molar-refractivity contribution in [1.82, 2.24) is 15.3 Å². The summed E-state index contributed by atoms with van der Waals surface area (Å²) in [6, 6.07) is 7.74. The van der Waals surface area contributed by atoms with Gasteiger partial charge in [-0.15, -0.1) is 0 Å². The van der Waals surface area contributed by atoms with Crippen LogP contribution in [-0.4, -0.2) is 61.9 Å². The molecule has 7 nitrogen and oxygen atoms in total. The highest BCUT2D eigenvalue weighted by molar-refractivity contribution is 14.1. The van der Waals surface area contributed by atoms with E-state index in [1.54, 1.807) is 12.3 Å². The molecule has 4 rings (SSSR count). The van der Waals surface area contributed by atoms with E-state index in [2.05, 4.69) is 29.0 Å². The van der Waals surface area contributed by atoms with E-state index in [4.69, 9.17) is 0 Å². The number of nitrogens with one attached hydrogen (secondary N) is 2. The lowest BCUT2D eigenvalue weighted by molar-refractivity contribution is -0.478. The molecule has 2 atom stereocenters. The normalized spacial score (nSPS) is 20.8. The van der Waals surface area contributed by atoms with E-state index >= 15 is 0 Å². The van der Waals surface area contributed by atoms with Crippen LogP contribution in [0.3, 0.4) is 0 Å². The van der Waals surface area contributed by atoms with E-state index < -0.39 is 6.67 Å². The molecular formula is C24H32FIN5O2+. The van der Waals surface area contributed by atoms with Crippen molar-refractivity contribution in [3.05, 3.63) is 57.8 Å².